The van der Waals surface area contributed by atoms with Gasteiger partial charge in [0.15, 0.2) is 0 Å². The number of carboxylic acid groups (broad SMARTS) is 1. The first-order valence-electron chi connectivity index (χ1n) is 7.40. The fraction of sp³-hybridized carbons (Fsp3) is 0.500. The van der Waals surface area contributed by atoms with E-state index in [2.05, 4.69) is 5.32 Å². The lowest BCUT2D eigenvalue weighted by molar-refractivity contribution is -0.308. The standard InChI is InChI=1S/C16H22N2O3/c1-12-7-5-6-10-18(12)16(21)17-14(15(19)20)11-13-8-3-2-4-9-13/h2-4,8-9,12,14H,5-7,10-11H2,1H3,(H,17,21)(H,19,20)/p-1/t12-,14+/m1/s1. The number of piperidine rings is 1. The van der Waals surface area contributed by atoms with E-state index in [1.54, 1.807) is 4.90 Å². The smallest absolute Gasteiger partial charge is 0.318 e. The number of nitrogens with zero attached hydrogens (tertiary/aromatic N) is 1. The Hall–Kier alpha value is -2.04. The van der Waals surface area contributed by atoms with Gasteiger partial charge < -0.3 is 20.1 Å². The molecule has 1 aliphatic heterocycles. The van der Waals surface area contributed by atoms with E-state index in [0.29, 0.717) is 6.54 Å². The van der Waals surface area contributed by atoms with Gasteiger partial charge >= 0.3 is 6.03 Å². The molecule has 2 amide bonds. The summed E-state index contributed by atoms with van der Waals surface area (Å²) in [4.78, 5) is 25.2. The highest BCUT2D eigenvalue weighted by molar-refractivity contribution is 5.82. The summed E-state index contributed by atoms with van der Waals surface area (Å²) in [5.74, 6) is -1.25. The molecule has 1 saturated heterocycles. The topological polar surface area (TPSA) is 72.5 Å². The number of carbonyl (C=O) groups excluding carboxylic acids is 2. The van der Waals surface area contributed by atoms with E-state index in [1.165, 1.54) is 0 Å². The van der Waals surface area contributed by atoms with Gasteiger partial charge in [-0.15, -0.1) is 0 Å². The van der Waals surface area contributed by atoms with Crippen molar-refractivity contribution in [3.63, 3.8) is 0 Å². The number of benzene rings is 1. The molecule has 1 aliphatic rings. The lowest BCUT2D eigenvalue weighted by atomic mass is 10.0. The largest absolute Gasteiger partial charge is 0.548 e. The van der Waals surface area contributed by atoms with Crippen LogP contribution in [0.5, 0.6) is 0 Å². The van der Waals surface area contributed by atoms with E-state index in [9.17, 15) is 14.7 Å². The monoisotopic (exact) mass is 289 g/mol. The van der Waals surface area contributed by atoms with Crippen LogP contribution < -0.4 is 10.4 Å². The van der Waals surface area contributed by atoms with Crippen LogP contribution in [0.15, 0.2) is 30.3 Å². The number of urea groups is 1. The molecule has 1 fully saturated rings. The Balaban J connectivity index is 1.99. The Morgan fingerprint density at radius 2 is 2.05 bits per heavy atom. The molecule has 2 rings (SSSR count). The van der Waals surface area contributed by atoms with E-state index in [-0.39, 0.29) is 18.5 Å². The lowest BCUT2D eigenvalue weighted by Gasteiger charge is -2.35. The van der Waals surface area contributed by atoms with Crippen molar-refractivity contribution in [2.45, 2.75) is 44.7 Å². The molecule has 21 heavy (non-hydrogen) atoms. The van der Waals surface area contributed by atoms with Crippen molar-refractivity contribution in [1.82, 2.24) is 10.2 Å². The normalized spacial score (nSPS) is 19.9. The molecule has 0 unspecified atom stereocenters. The highest BCUT2D eigenvalue weighted by Crippen LogP contribution is 2.16. The number of nitrogens with one attached hydrogen (secondary N) is 1. The minimum absolute atomic E-state index is 0.151. The number of likely N-dealkylation sites (tertiary alicyclic amines) is 1. The second-order valence-electron chi connectivity index (χ2n) is 5.55. The lowest BCUT2D eigenvalue weighted by Crippen LogP contribution is -2.55. The summed E-state index contributed by atoms with van der Waals surface area (Å²) in [6.07, 6.45) is 3.27. The summed E-state index contributed by atoms with van der Waals surface area (Å²) >= 11 is 0. The van der Waals surface area contributed by atoms with Crippen LogP contribution in [0.4, 0.5) is 4.79 Å². The second-order valence-corrected chi connectivity index (χ2v) is 5.55. The molecule has 1 N–H and O–H groups in total. The predicted octanol–water partition coefficient (Wildman–Crippen LogP) is 0.932. The van der Waals surface area contributed by atoms with Gasteiger partial charge in [0.05, 0.1) is 12.0 Å². The van der Waals surface area contributed by atoms with E-state index in [4.69, 9.17) is 0 Å². The minimum atomic E-state index is -1.25. The number of amides is 2. The van der Waals surface area contributed by atoms with Gasteiger partial charge in [-0.1, -0.05) is 30.3 Å². The fourth-order valence-electron chi connectivity index (χ4n) is 2.67. The second kappa shape index (κ2) is 7.11. The highest BCUT2D eigenvalue weighted by atomic mass is 16.4. The van der Waals surface area contributed by atoms with Gasteiger partial charge in [-0.05, 0) is 38.2 Å². The molecule has 2 atom stereocenters. The zero-order valence-corrected chi connectivity index (χ0v) is 12.2. The third-order valence-corrected chi connectivity index (χ3v) is 3.93. The van der Waals surface area contributed by atoms with Crippen molar-refractivity contribution in [1.29, 1.82) is 0 Å². The molecule has 5 heteroatoms. The molecule has 0 aliphatic carbocycles. The van der Waals surface area contributed by atoms with Gasteiger partial charge in [0.1, 0.15) is 0 Å². The summed E-state index contributed by atoms with van der Waals surface area (Å²) in [5.41, 5.74) is 0.860. The Labute approximate surface area is 125 Å². The zero-order valence-electron chi connectivity index (χ0n) is 12.2. The highest BCUT2D eigenvalue weighted by Gasteiger charge is 2.25. The summed E-state index contributed by atoms with van der Waals surface area (Å²) in [5, 5.41) is 13.8. The summed E-state index contributed by atoms with van der Waals surface area (Å²) in [6.45, 7) is 2.67. The SMILES string of the molecule is C[C@@H]1CCCCN1C(=O)N[C@@H](Cc1ccccc1)C(=O)[O-]. The van der Waals surface area contributed by atoms with Crippen LogP contribution in [0, 0.1) is 0 Å². The van der Waals surface area contributed by atoms with Gasteiger partial charge in [0, 0.05) is 12.6 Å². The number of carboxylic acids is 1. The van der Waals surface area contributed by atoms with Crippen molar-refractivity contribution in [3.05, 3.63) is 35.9 Å². The molecule has 1 aromatic carbocycles. The van der Waals surface area contributed by atoms with Crippen LogP contribution >= 0.6 is 0 Å². The van der Waals surface area contributed by atoms with Crippen molar-refractivity contribution < 1.29 is 14.7 Å². The van der Waals surface area contributed by atoms with Crippen LogP contribution in [0.3, 0.4) is 0 Å². The van der Waals surface area contributed by atoms with Crippen molar-refractivity contribution >= 4 is 12.0 Å². The first kappa shape index (κ1) is 15.4. The van der Waals surface area contributed by atoms with Gasteiger partial charge in [-0.3, -0.25) is 0 Å². The molecule has 0 saturated carbocycles. The Morgan fingerprint density at radius 3 is 2.67 bits per heavy atom. The maximum atomic E-state index is 12.2. The molecule has 0 radical (unpaired) electrons. The van der Waals surface area contributed by atoms with Crippen LogP contribution in [0.1, 0.15) is 31.7 Å². The number of aliphatic carboxylic acids is 1. The maximum Gasteiger partial charge on any atom is 0.318 e. The third kappa shape index (κ3) is 4.21. The molecule has 0 aromatic heterocycles. The summed E-state index contributed by atoms with van der Waals surface area (Å²) in [7, 11) is 0. The van der Waals surface area contributed by atoms with Crippen molar-refractivity contribution in [2.24, 2.45) is 0 Å². The maximum absolute atomic E-state index is 12.2. The van der Waals surface area contributed by atoms with Crippen molar-refractivity contribution in [3.8, 4) is 0 Å². The summed E-state index contributed by atoms with van der Waals surface area (Å²) < 4.78 is 0. The first-order chi connectivity index (χ1) is 10.1. The number of hydrogen-bond donors (Lipinski definition) is 1. The number of hydrogen-bond acceptors (Lipinski definition) is 3. The molecular weight excluding hydrogens is 268 g/mol. The third-order valence-electron chi connectivity index (χ3n) is 3.93. The molecular formula is C16H21N2O3-. The summed E-state index contributed by atoms with van der Waals surface area (Å²) in [6, 6.07) is 8.06. The number of rotatable bonds is 4. The van der Waals surface area contributed by atoms with E-state index in [1.807, 2.05) is 37.3 Å². The Morgan fingerprint density at radius 1 is 1.33 bits per heavy atom. The average Bonchev–Trinajstić information content (AvgIpc) is 2.48. The first-order valence-corrected chi connectivity index (χ1v) is 7.40. The fourth-order valence-corrected chi connectivity index (χ4v) is 2.67. The van der Waals surface area contributed by atoms with E-state index < -0.39 is 12.0 Å². The quantitative estimate of drug-likeness (QED) is 0.896. The molecule has 5 nitrogen and oxygen atoms in total. The van der Waals surface area contributed by atoms with Crippen LogP contribution in [-0.2, 0) is 11.2 Å². The number of carbonyl (C=O) groups is 2. The molecule has 0 bridgehead atoms. The molecule has 0 spiro atoms. The van der Waals surface area contributed by atoms with Crippen LogP contribution in [0.25, 0.3) is 0 Å². The molecule has 1 aromatic rings. The molecule has 1 heterocycles. The van der Waals surface area contributed by atoms with E-state index >= 15 is 0 Å². The zero-order chi connectivity index (χ0) is 15.2. The van der Waals surface area contributed by atoms with Crippen LogP contribution in [-0.4, -0.2) is 35.5 Å². The average molecular weight is 289 g/mol. The predicted molar refractivity (Wildman–Crippen MR) is 77.5 cm³/mol. The van der Waals surface area contributed by atoms with E-state index in [0.717, 1.165) is 24.8 Å². The Kier molecular flexibility index (Phi) is 5.20. The minimum Gasteiger partial charge on any atom is -0.548 e. The van der Waals surface area contributed by atoms with Crippen molar-refractivity contribution in [2.75, 3.05) is 6.54 Å². The van der Waals surface area contributed by atoms with Gasteiger partial charge in [-0.25, -0.2) is 4.79 Å². The van der Waals surface area contributed by atoms with Gasteiger partial charge in [0.2, 0.25) is 0 Å². The molecule has 114 valence electrons. The van der Waals surface area contributed by atoms with Gasteiger partial charge in [-0.2, -0.15) is 0 Å². The Bertz CT molecular complexity index is 490. The van der Waals surface area contributed by atoms with Crippen LogP contribution in [0.2, 0.25) is 0 Å². The van der Waals surface area contributed by atoms with Gasteiger partial charge in [0.25, 0.3) is 0 Å².